The third-order valence-electron chi connectivity index (χ3n) is 8.31. The van der Waals surface area contributed by atoms with Crippen LogP contribution in [-0.4, -0.2) is 67.0 Å². The zero-order valence-electron chi connectivity index (χ0n) is 26.2. The van der Waals surface area contributed by atoms with Crippen LogP contribution in [0.5, 0.6) is 0 Å². The Morgan fingerprint density at radius 2 is 1.50 bits per heavy atom. The fourth-order valence-electron chi connectivity index (χ4n) is 5.61. The first-order valence-electron chi connectivity index (χ1n) is 15.8. The van der Waals surface area contributed by atoms with Crippen molar-refractivity contribution in [2.45, 2.75) is 39.0 Å². The number of para-hydroxylation sites is 1. The van der Waals surface area contributed by atoms with Gasteiger partial charge in [0.15, 0.2) is 11.6 Å². The molecule has 0 bridgehead atoms. The summed E-state index contributed by atoms with van der Waals surface area (Å²) in [4.78, 5) is 52.0. The summed E-state index contributed by atoms with van der Waals surface area (Å²) in [5.41, 5.74) is 5.62. The Hall–Kier alpha value is -5.19. The maximum atomic E-state index is 13.3. The number of aromatic nitrogens is 2. The molecule has 11 heteroatoms. The fourth-order valence-corrected chi connectivity index (χ4v) is 5.61. The highest BCUT2D eigenvalue weighted by atomic mass is 16.3. The molecule has 2 aromatic heterocycles. The van der Waals surface area contributed by atoms with Crippen molar-refractivity contribution in [1.29, 1.82) is 0 Å². The Morgan fingerprint density at radius 3 is 2.22 bits per heavy atom. The summed E-state index contributed by atoms with van der Waals surface area (Å²) >= 11 is 0. The van der Waals surface area contributed by atoms with Crippen LogP contribution in [-0.2, 0) is 0 Å². The Labute approximate surface area is 268 Å². The van der Waals surface area contributed by atoms with E-state index in [1.165, 1.54) is 17.5 Å². The summed E-state index contributed by atoms with van der Waals surface area (Å²) in [7, 11) is 0. The molecule has 11 nitrogen and oxygen atoms in total. The molecule has 3 N–H and O–H groups in total. The number of carbonyl (C=O) groups excluding carboxylic acids is 3. The average Bonchev–Trinajstić information content (AvgIpc) is 3.80. The molecule has 1 saturated heterocycles. The van der Waals surface area contributed by atoms with Crippen LogP contribution in [0.15, 0.2) is 71.3 Å². The van der Waals surface area contributed by atoms with Gasteiger partial charge in [-0.15, -0.1) is 0 Å². The van der Waals surface area contributed by atoms with E-state index in [4.69, 9.17) is 4.42 Å². The van der Waals surface area contributed by atoms with Crippen molar-refractivity contribution in [2.75, 3.05) is 54.4 Å². The third kappa shape index (κ3) is 7.36. The molecular formula is C35H39N7O4. The summed E-state index contributed by atoms with van der Waals surface area (Å²) in [6.45, 7) is 7.87. The first-order valence-corrected chi connectivity index (χ1v) is 15.8. The van der Waals surface area contributed by atoms with Gasteiger partial charge in [0.25, 0.3) is 17.7 Å². The summed E-state index contributed by atoms with van der Waals surface area (Å²) in [5, 5.41) is 8.76. The number of oxazole rings is 1. The van der Waals surface area contributed by atoms with Crippen LogP contribution in [0.1, 0.15) is 73.7 Å². The molecule has 3 amide bonds. The number of hydrogen-bond donors (Lipinski definition) is 3. The van der Waals surface area contributed by atoms with Crippen molar-refractivity contribution in [1.82, 2.24) is 20.6 Å². The minimum Gasteiger partial charge on any atom is -0.448 e. The van der Waals surface area contributed by atoms with E-state index in [2.05, 4.69) is 60.8 Å². The van der Waals surface area contributed by atoms with E-state index in [1.54, 1.807) is 24.3 Å². The lowest BCUT2D eigenvalue weighted by Crippen LogP contribution is -2.47. The molecule has 2 fully saturated rings. The zero-order valence-corrected chi connectivity index (χ0v) is 26.2. The van der Waals surface area contributed by atoms with Gasteiger partial charge < -0.3 is 30.2 Å². The van der Waals surface area contributed by atoms with Crippen LogP contribution >= 0.6 is 0 Å². The minimum atomic E-state index is -0.383. The molecule has 0 unspecified atom stereocenters. The molecule has 1 aliphatic carbocycles. The molecule has 4 aromatic rings. The van der Waals surface area contributed by atoms with Crippen LogP contribution in [0.3, 0.4) is 0 Å². The highest BCUT2D eigenvalue weighted by Crippen LogP contribution is 2.39. The molecule has 0 radical (unpaired) electrons. The van der Waals surface area contributed by atoms with Crippen LogP contribution in [0, 0.1) is 13.8 Å². The normalized spacial score (nSPS) is 14.6. The smallest absolute Gasteiger partial charge is 0.277 e. The van der Waals surface area contributed by atoms with Crippen molar-refractivity contribution < 1.29 is 18.8 Å². The van der Waals surface area contributed by atoms with E-state index < -0.39 is 0 Å². The second-order valence-corrected chi connectivity index (χ2v) is 11.8. The maximum absolute atomic E-state index is 13.3. The summed E-state index contributed by atoms with van der Waals surface area (Å²) in [5.74, 6) is -0.0112. The van der Waals surface area contributed by atoms with Gasteiger partial charge in [-0.25, -0.2) is 9.97 Å². The second-order valence-electron chi connectivity index (χ2n) is 11.8. The maximum Gasteiger partial charge on any atom is 0.277 e. The molecule has 46 heavy (non-hydrogen) atoms. The van der Waals surface area contributed by atoms with Crippen molar-refractivity contribution in [3.05, 3.63) is 101 Å². The lowest BCUT2D eigenvalue weighted by Gasteiger charge is -2.38. The molecule has 238 valence electrons. The number of pyridine rings is 1. The molecule has 1 aliphatic heterocycles. The standard InChI is InChI=1S/C35H39N7O4/c1-23-7-3-4-10-30(23)41-17-19-42(20-18-41)31-14-13-26(21-28(31)39-34(45)29-22-46-35(40-29)25-11-12-25)32(43)36-15-6-16-37-33(44)27-9-5-8-24(2)38-27/h3-5,7-10,13-14,21-22,25H,6,11-12,15-20H2,1-2H3,(H,36,43)(H,37,44)(H,39,45). The number of aryl methyl sites for hydroxylation is 2. The number of amides is 3. The number of piperazine rings is 1. The lowest BCUT2D eigenvalue weighted by atomic mass is 10.1. The van der Waals surface area contributed by atoms with Gasteiger partial charge in [0.2, 0.25) is 0 Å². The predicted molar refractivity (Wildman–Crippen MR) is 177 cm³/mol. The van der Waals surface area contributed by atoms with E-state index in [9.17, 15) is 14.4 Å². The minimum absolute atomic E-state index is 0.218. The second kappa shape index (κ2) is 13.8. The van der Waals surface area contributed by atoms with Crippen molar-refractivity contribution in [3.8, 4) is 0 Å². The van der Waals surface area contributed by atoms with Crippen molar-refractivity contribution in [3.63, 3.8) is 0 Å². The van der Waals surface area contributed by atoms with Gasteiger partial charge in [-0.05, 0) is 75.1 Å². The van der Waals surface area contributed by atoms with Gasteiger partial charge >= 0.3 is 0 Å². The lowest BCUT2D eigenvalue weighted by molar-refractivity contribution is 0.0946. The largest absolute Gasteiger partial charge is 0.448 e. The van der Waals surface area contributed by atoms with Crippen molar-refractivity contribution in [2.24, 2.45) is 0 Å². The third-order valence-corrected chi connectivity index (χ3v) is 8.31. The molecule has 1 saturated carbocycles. The number of rotatable bonds is 11. The van der Waals surface area contributed by atoms with Crippen LogP contribution in [0.25, 0.3) is 0 Å². The predicted octanol–water partition coefficient (Wildman–Crippen LogP) is 4.69. The van der Waals surface area contributed by atoms with Crippen LogP contribution in [0.2, 0.25) is 0 Å². The van der Waals surface area contributed by atoms with Gasteiger partial charge in [0.05, 0.1) is 11.4 Å². The van der Waals surface area contributed by atoms with Gasteiger partial charge in [-0.1, -0.05) is 24.3 Å². The summed E-state index contributed by atoms with van der Waals surface area (Å²) in [6, 6.07) is 19.1. The fraction of sp³-hybridized carbons (Fsp3) is 0.343. The Bertz CT molecular complexity index is 1720. The number of nitrogens with one attached hydrogen (secondary N) is 3. The first-order chi connectivity index (χ1) is 22.4. The monoisotopic (exact) mass is 621 g/mol. The molecule has 3 heterocycles. The summed E-state index contributed by atoms with van der Waals surface area (Å²) in [6.07, 6.45) is 3.99. The molecule has 0 spiro atoms. The zero-order chi connectivity index (χ0) is 32.0. The summed E-state index contributed by atoms with van der Waals surface area (Å²) < 4.78 is 5.55. The highest BCUT2D eigenvalue weighted by molar-refractivity contribution is 6.06. The molecule has 6 rings (SSSR count). The topological polar surface area (TPSA) is 133 Å². The SMILES string of the molecule is Cc1cccc(C(=O)NCCCNC(=O)c2ccc(N3CCN(c4ccccc4C)CC3)c(NC(=O)c3coc(C4CC4)n3)c2)n1. The van der Waals surface area contributed by atoms with Crippen LogP contribution in [0.4, 0.5) is 17.1 Å². The van der Waals surface area contributed by atoms with Gasteiger partial charge in [-0.3, -0.25) is 14.4 Å². The van der Waals surface area contributed by atoms with E-state index in [-0.39, 0.29) is 23.4 Å². The quantitative estimate of drug-likeness (QED) is 0.206. The molecular weight excluding hydrogens is 582 g/mol. The Morgan fingerprint density at radius 1 is 0.783 bits per heavy atom. The first kappa shape index (κ1) is 30.8. The molecule has 2 aliphatic rings. The van der Waals surface area contributed by atoms with E-state index >= 15 is 0 Å². The molecule has 0 atom stereocenters. The number of carbonyl (C=O) groups is 3. The number of hydrogen-bond acceptors (Lipinski definition) is 8. The number of anilines is 3. The van der Waals surface area contributed by atoms with Gasteiger partial charge in [-0.2, -0.15) is 0 Å². The number of benzene rings is 2. The van der Waals surface area contributed by atoms with Crippen molar-refractivity contribution >= 4 is 34.8 Å². The van der Waals surface area contributed by atoms with E-state index in [0.717, 1.165) is 50.4 Å². The number of nitrogens with zero attached hydrogens (tertiary/aromatic N) is 4. The average molecular weight is 622 g/mol. The van der Waals surface area contributed by atoms with Gasteiger partial charge in [0.1, 0.15) is 12.0 Å². The van der Waals surface area contributed by atoms with Crippen LogP contribution < -0.4 is 25.8 Å². The highest BCUT2D eigenvalue weighted by Gasteiger charge is 2.30. The van der Waals surface area contributed by atoms with Gasteiger partial charge in [0, 0.05) is 62.1 Å². The molecule has 2 aromatic carbocycles. The van der Waals surface area contributed by atoms with E-state index in [1.807, 2.05) is 25.1 Å². The Kier molecular flexibility index (Phi) is 9.28. The Balaban J connectivity index is 1.11. The van der Waals surface area contributed by atoms with E-state index in [0.29, 0.717) is 48.3 Å².